The number of aryl methyl sites for hydroxylation is 2. The van der Waals surface area contributed by atoms with Crippen LogP contribution in [-0.4, -0.2) is 72.5 Å². The minimum atomic E-state index is 0.206. The number of carbonyl (C=O) groups excluding carboxylic acids is 1. The van der Waals surface area contributed by atoms with E-state index in [0.717, 1.165) is 62.9 Å². The van der Waals surface area contributed by atoms with E-state index >= 15 is 0 Å². The van der Waals surface area contributed by atoms with Crippen LogP contribution in [0.5, 0.6) is 0 Å². The van der Waals surface area contributed by atoms with Crippen LogP contribution in [0.3, 0.4) is 0 Å². The molecule has 3 heterocycles. The SMILES string of the molecule is Cc1nc(C)c(C)c(N2CCC[C@]3(CCC(=O)N(CCN(C)C)C3)C2)n1. The summed E-state index contributed by atoms with van der Waals surface area (Å²) in [5.74, 6) is 2.25. The van der Waals surface area contributed by atoms with Crippen LogP contribution in [-0.2, 0) is 4.79 Å². The zero-order valence-electron chi connectivity index (χ0n) is 17.0. The first kappa shape index (κ1) is 19.1. The topological polar surface area (TPSA) is 52.6 Å². The number of carbonyl (C=O) groups is 1. The van der Waals surface area contributed by atoms with Gasteiger partial charge in [-0.1, -0.05) is 0 Å². The standard InChI is InChI=1S/C20H33N5O/c1-15-16(2)21-17(3)22-19(15)25-10-6-8-20(14-25)9-7-18(26)24(13-20)12-11-23(4)5/h6-14H2,1-5H3/t20-/m1/s1. The summed E-state index contributed by atoms with van der Waals surface area (Å²) in [5.41, 5.74) is 2.46. The van der Waals surface area contributed by atoms with Gasteiger partial charge in [0.1, 0.15) is 11.6 Å². The van der Waals surface area contributed by atoms with Crippen molar-refractivity contribution in [3.8, 4) is 0 Å². The van der Waals surface area contributed by atoms with Gasteiger partial charge in [0.2, 0.25) is 5.91 Å². The summed E-state index contributed by atoms with van der Waals surface area (Å²) in [6.45, 7) is 10.8. The molecule has 1 aromatic rings. The Balaban J connectivity index is 1.78. The van der Waals surface area contributed by atoms with E-state index in [1.807, 2.05) is 6.92 Å². The van der Waals surface area contributed by atoms with E-state index in [4.69, 9.17) is 4.98 Å². The number of piperidine rings is 2. The predicted molar refractivity (Wildman–Crippen MR) is 104 cm³/mol. The number of rotatable bonds is 4. The molecule has 3 rings (SSSR count). The van der Waals surface area contributed by atoms with E-state index in [2.05, 4.69) is 47.6 Å². The summed E-state index contributed by atoms with van der Waals surface area (Å²) in [4.78, 5) is 28.3. The zero-order chi connectivity index (χ0) is 18.9. The lowest BCUT2D eigenvalue weighted by Gasteiger charge is -2.49. The Morgan fingerprint density at radius 2 is 1.88 bits per heavy atom. The van der Waals surface area contributed by atoms with Crippen molar-refractivity contribution in [3.63, 3.8) is 0 Å². The molecule has 144 valence electrons. The van der Waals surface area contributed by atoms with Crippen molar-refractivity contribution in [1.82, 2.24) is 19.8 Å². The fraction of sp³-hybridized carbons (Fsp3) is 0.750. The number of hydrogen-bond acceptors (Lipinski definition) is 5. The molecule has 0 radical (unpaired) electrons. The van der Waals surface area contributed by atoms with Crippen molar-refractivity contribution in [2.45, 2.75) is 46.5 Å². The van der Waals surface area contributed by atoms with E-state index in [0.29, 0.717) is 12.3 Å². The fourth-order valence-corrected chi connectivity index (χ4v) is 4.41. The minimum absolute atomic E-state index is 0.206. The van der Waals surface area contributed by atoms with Gasteiger partial charge in [-0.2, -0.15) is 0 Å². The highest BCUT2D eigenvalue weighted by Gasteiger charge is 2.42. The highest BCUT2D eigenvalue weighted by molar-refractivity contribution is 5.77. The van der Waals surface area contributed by atoms with Crippen molar-refractivity contribution >= 4 is 11.7 Å². The molecule has 0 bridgehead atoms. The molecule has 2 saturated heterocycles. The molecule has 0 aliphatic carbocycles. The van der Waals surface area contributed by atoms with Gasteiger partial charge in [0.05, 0.1) is 0 Å². The number of nitrogens with zero attached hydrogens (tertiary/aromatic N) is 5. The lowest BCUT2D eigenvalue weighted by molar-refractivity contribution is -0.138. The molecular formula is C20H33N5O. The van der Waals surface area contributed by atoms with Gasteiger partial charge in [-0.05, 0) is 54.1 Å². The van der Waals surface area contributed by atoms with Crippen LogP contribution in [0.25, 0.3) is 0 Å². The summed E-state index contributed by atoms with van der Waals surface area (Å²) in [6.07, 6.45) is 4.06. The molecule has 1 amide bonds. The van der Waals surface area contributed by atoms with Crippen LogP contribution < -0.4 is 4.90 Å². The van der Waals surface area contributed by atoms with Crippen molar-refractivity contribution in [3.05, 3.63) is 17.1 Å². The van der Waals surface area contributed by atoms with Crippen LogP contribution in [0.2, 0.25) is 0 Å². The molecule has 0 aromatic carbocycles. The Labute approximate surface area is 157 Å². The van der Waals surface area contributed by atoms with Gasteiger partial charge in [0.15, 0.2) is 0 Å². The first-order valence-electron chi connectivity index (χ1n) is 9.79. The number of anilines is 1. The molecule has 2 aliphatic heterocycles. The summed E-state index contributed by atoms with van der Waals surface area (Å²) in [6, 6.07) is 0. The molecule has 26 heavy (non-hydrogen) atoms. The Bertz CT molecular complexity index is 674. The van der Waals surface area contributed by atoms with E-state index in [-0.39, 0.29) is 5.41 Å². The first-order valence-corrected chi connectivity index (χ1v) is 9.79. The van der Waals surface area contributed by atoms with Crippen LogP contribution >= 0.6 is 0 Å². The van der Waals surface area contributed by atoms with Crippen LogP contribution in [0.4, 0.5) is 5.82 Å². The molecule has 0 unspecified atom stereocenters. The second-order valence-corrected chi connectivity index (χ2v) is 8.45. The third kappa shape index (κ3) is 4.00. The second-order valence-electron chi connectivity index (χ2n) is 8.45. The van der Waals surface area contributed by atoms with Gasteiger partial charge in [-0.3, -0.25) is 4.79 Å². The number of aromatic nitrogens is 2. The third-order valence-electron chi connectivity index (χ3n) is 6.00. The average molecular weight is 360 g/mol. The summed E-state index contributed by atoms with van der Waals surface area (Å²) >= 11 is 0. The van der Waals surface area contributed by atoms with E-state index in [1.54, 1.807) is 0 Å². The van der Waals surface area contributed by atoms with Gasteiger partial charge in [0.25, 0.3) is 0 Å². The lowest BCUT2D eigenvalue weighted by Crippen LogP contribution is -2.55. The van der Waals surface area contributed by atoms with E-state index in [1.165, 1.54) is 12.0 Å². The van der Waals surface area contributed by atoms with Gasteiger partial charge >= 0.3 is 0 Å². The zero-order valence-corrected chi connectivity index (χ0v) is 17.0. The van der Waals surface area contributed by atoms with Gasteiger partial charge in [0, 0.05) is 55.8 Å². The average Bonchev–Trinajstić information content (AvgIpc) is 2.59. The maximum Gasteiger partial charge on any atom is 0.222 e. The number of likely N-dealkylation sites (N-methyl/N-ethyl adjacent to an activating group) is 1. The third-order valence-corrected chi connectivity index (χ3v) is 6.00. The maximum atomic E-state index is 12.4. The molecule has 0 N–H and O–H groups in total. The summed E-state index contributed by atoms with van der Waals surface area (Å²) < 4.78 is 0. The highest BCUT2D eigenvalue weighted by Crippen LogP contribution is 2.40. The minimum Gasteiger partial charge on any atom is -0.356 e. The first-order chi connectivity index (χ1) is 12.3. The molecule has 6 nitrogen and oxygen atoms in total. The summed E-state index contributed by atoms with van der Waals surface area (Å²) in [7, 11) is 4.13. The van der Waals surface area contributed by atoms with E-state index in [9.17, 15) is 4.79 Å². The Morgan fingerprint density at radius 3 is 2.62 bits per heavy atom. The van der Waals surface area contributed by atoms with Crippen molar-refractivity contribution < 1.29 is 4.79 Å². The molecule has 1 aromatic heterocycles. The second kappa shape index (κ2) is 7.51. The molecule has 0 saturated carbocycles. The van der Waals surface area contributed by atoms with Crippen molar-refractivity contribution in [2.24, 2.45) is 5.41 Å². The summed E-state index contributed by atoms with van der Waals surface area (Å²) in [5, 5.41) is 0. The Hall–Kier alpha value is -1.69. The van der Waals surface area contributed by atoms with Crippen molar-refractivity contribution in [2.75, 3.05) is 51.7 Å². The molecule has 2 fully saturated rings. The molecule has 1 atom stereocenters. The van der Waals surface area contributed by atoms with Crippen LogP contribution in [0.1, 0.15) is 42.8 Å². The number of likely N-dealkylation sites (tertiary alicyclic amines) is 1. The van der Waals surface area contributed by atoms with Crippen molar-refractivity contribution in [1.29, 1.82) is 0 Å². The molecule has 2 aliphatic rings. The number of amides is 1. The number of hydrogen-bond donors (Lipinski definition) is 0. The van der Waals surface area contributed by atoms with Gasteiger partial charge < -0.3 is 14.7 Å². The lowest BCUT2D eigenvalue weighted by atomic mass is 9.73. The van der Waals surface area contributed by atoms with Crippen LogP contribution in [0, 0.1) is 26.2 Å². The molecular weight excluding hydrogens is 326 g/mol. The highest BCUT2D eigenvalue weighted by atomic mass is 16.2. The Kier molecular flexibility index (Phi) is 5.51. The van der Waals surface area contributed by atoms with E-state index < -0.39 is 0 Å². The maximum absolute atomic E-state index is 12.4. The quantitative estimate of drug-likeness (QED) is 0.825. The largest absolute Gasteiger partial charge is 0.356 e. The fourth-order valence-electron chi connectivity index (χ4n) is 4.41. The van der Waals surface area contributed by atoms with Crippen LogP contribution in [0.15, 0.2) is 0 Å². The van der Waals surface area contributed by atoms with Gasteiger partial charge in [-0.15, -0.1) is 0 Å². The molecule has 1 spiro atoms. The normalized spacial score (nSPS) is 24.0. The van der Waals surface area contributed by atoms with Gasteiger partial charge in [-0.25, -0.2) is 9.97 Å². The smallest absolute Gasteiger partial charge is 0.222 e. The molecule has 6 heteroatoms. The Morgan fingerprint density at radius 1 is 1.12 bits per heavy atom. The monoisotopic (exact) mass is 359 g/mol. The predicted octanol–water partition coefficient (Wildman–Crippen LogP) is 2.17.